The van der Waals surface area contributed by atoms with E-state index < -0.39 is 0 Å². The second kappa shape index (κ2) is 10.3. The van der Waals surface area contributed by atoms with E-state index in [4.69, 9.17) is 4.98 Å². The minimum atomic E-state index is -0.377. The van der Waals surface area contributed by atoms with Gasteiger partial charge in [0.2, 0.25) is 0 Å². The molecule has 4 rings (SSSR count). The van der Waals surface area contributed by atoms with Crippen molar-refractivity contribution in [2.75, 3.05) is 6.54 Å². The van der Waals surface area contributed by atoms with Crippen LogP contribution in [0.1, 0.15) is 80.0 Å². The molecule has 37 heavy (non-hydrogen) atoms. The number of rotatable bonds is 6. The first-order valence-electron chi connectivity index (χ1n) is 13.1. The normalized spacial score (nSPS) is 12.5. The minimum Gasteiger partial charge on any atom is -0.329 e. The Kier molecular flexibility index (Phi) is 7.35. The molecule has 0 aliphatic rings. The predicted octanol–water partition coefficient (Wildman–Crippen LogP) is 6.91. The molecule has 5 nitrogen and oxygen atoms in total. The molecule has 3 aromatic carbocycles. The van der Waals surface area contributed by atoms with Gasteiger partial charge in [-0.2, -0.15) is 0 Å². The van der Waals surface area contributed by atoms with Crippen LogP contribution in [0.3, 0.4) is 0 Å². The van der Waals surface area contributed by atoms with Crippen LogP contribution in [0.25, 0.3) is 16.6 Å². The van der Waals surface area contributed by atoms with Crippen LogP contribution >= 0.6 is 0 Å². The summed E-state index contributed by atoms with van der Waals surface area (Å²) >= 11 is 0. The zero-order valence-corrected chi connectivity index (χ0v) is 23.0. The molecule has 0 bridgehead atoms. The molecule has 1 atom stereocenters. The molecule has 0 aliphatic heterocycles. The van der Waals surface area contributed by atoms with Crippen molar-refractivity contribution in [3.63, 3.8) is 0 Å². The fraction of sp³-hybridized carbons (Fsp3) is 0.344. The third-order valence-electron chi connectivity index (χ3n) is 7.06. The molecule has 0 saturated heterocycles. The SMILES string of the molecule is CCC(c1nc2ccccc2c(=O)n1-c1ccc(C)cc1C)N(CC)C(=O)c1ccc(C(C)(C)C)cc1. The number of aromatic nitrogens is 2. The highest BCUT2D eigenvalue weighted by Gasteiger charge is 2.29. The highest BCUT2D eigenvalue weighted by Crippen LogP contribution is 2.29. The van der Waals surface area contributed by atoms with Crippen molar-refractivity contribution in [2.24, 2.45) is 0 Å². The lowest BCUT2D eigenvalue weighted by molar-refractivity contribution is 0.0672. The van der Waals surface area contributed by atoms with Gasteiger partial charge in [0, 0.05) is 12.1 Å². The summed E-state index contributed by atoms with van der Waals surface area (Å²) in [5.74, 6) is 0.518. The number of carbonyl (C=O) groups is 1. The molecule has 0 fully saturated rings. The lowest BCUT2D eigenvalue weighted by Crippen LogP contribution is -2.38. The summed E-state index contributed by atoms with van der Waals surface area (Å²) < 4.78 is 1.71. The van der Waals surface area contributed by atoms with Crippen LogP contribution in [0.15, 0.2) is 71.5 Å². The molecule has 0 spiro atoms. The summed E-state index contributed by atoms with van der Waals surface area (Å²) in [4.78, 5) is 34.6. The van der Waals surface area contributed by atoms with E-state index in [1.54, 1.807) is 4.57 Å². The number of hydrogen-bond donors (Lipinski definition) is 0. The Balaban J connectivity index is 1.89. The third kappa shape index (κ3) is 5.08. The van der Waals surface area contributed by atoms with E-state index in [9.17, 15) is 9.59 Å². The Morgan fingerprint density at radius 3 is 2.24 bits per heavy atom. The van der Waals surface area contributed by atoms with Gasteiger partial charge in [-0.3, -0.25) is 14.2 Å². The van der Waals surface area contributed by atoms with Gasteiger partial charge in [-0.15, -0.1) is 0 Å². The summed E-state index contributed by atoms with van der Waals surface area (Å²) in [5.41, 5.74) is 5.25. The Morgan fingerprint density at radius 2 is 1.65 bits per heavy atom. The van der Waals surface area contributed by atoms with Gasteiger partial charge in [0.1, 0.15) is 5.82 Å². The first-order valence-corrected chi connectivity index (χ1v) is 13.1. The molecule has 1 heterocycles. The molecule has 1 unspecified atom stereocenters. The molecule has 0 aliphatic carbocycles. The van der Waals surface area contributed by atoms with Crippen molar-refractivity contribution >= 4 is 16.8 Å². The molecule has 4 aromatic rings. The van der Waals surface area contributed by atoms with Crippen LogP contribution in [0.4, 0.5) is 0 Å². The maximum atomic E-state index is 13.9. The number of nitrogens with zero attached hydrogens (tertiary/aromatic N) is 3. The van der Waals surface area contributed by atoms with Crippen molar-refractivity contribution in [3.05, 3.63) is 105 Å². The predicted molar refractivity (Wildman–Crippen MR) is 152 cm³/mol. The van der Waals surface area contributed by atoms with Gasteiger partial charge in [0.15, 0.2) is 0 Å². The highest BCUT2D eigenvalue weighted by molar-refractivity contribution is 5.94. The number of fused-ring (bicyclic) bond motifs is 1. The summed E-state index contributed by atoms with van der Waals surface area (Å²) in [7, 11) is 0. The highest BCUT2D eigenvalue weighted by atomic mass is 16.2. The van der Waals surface area contributed by atoms with E-state index in [1.165, 1.54) is 5.56 Å². The summed E-state index contributed by atoms with van der Waals surface area (Å²) in [5, 5.41) is 0.563. The van der Waals surface area contributed by atoms with Gasteiger partial charge in [-0.1, -0.05) is 69.7 Å². The number of carbonyl (C=O) groups excluding carboxylic acids is 1. The lowest BCUT2D eigenvalue weighted by atomic mass is 9.86. The van der Waals surface area contributed by atoms with Crippen LogP contribution in [0.2, 0.25) is 0 Å². The molecule has 192 valence electrons. The first-order chi connectivity index (χ1) is 17.6. The molecule has 1 aromatic heterocycles. The van der Waals surface area contributed by atoms with Crippen LogP contribution in [0.5, 0.6) is 0 Å². The van der Waals surface area contributed by atoms with Gasteiger partial charge in [-0.05, 0) is 74.1 Å². The maximum absolute atomic E-state index is 13.9. The van der Waals surface area contributed by atoms with Crippen molar-refractivity contribution in [3.8, 4) is 5.69 Å². The molecule has 0 N–H and O–H groups in total. The van der Waals surface area contributed by atoms with Gasteiger partial charge >= 0.3 is 0 Å². The van der Waals surface area contributed by atoms with Crippen molar-refractivity contribution in [2.45, 2.75) is 66.3 Å². The van der Waals surface area contributed by atoms with Gasteiger partial charge in [0.25, 0.3) is 11.5 Å². The fourth-order valence-electron chi connectivity index (χ4n) is 4.99. The zero-order valence-electron chi connectivity index (χ0n) is 23.0. The topological polar surface area (TPSA) is 55.2 Å². The second-order valence-corrected chi connectivity index (χ2v) is 10.8. The average Bonchev–Trinajstić information content (AvgIpc) is 2.87. The molecule has 0 radical (unpaired) electrons. The lowest BCUT2D eigenvalue weighted by Gasteiger charge is -2.32. The minimum absolute atomic E-state index is 0.00888. The molecule has 1 amide bonds. The Bertz CT molecular complexity index is 1490. The number of hydrogen-bond acceptors (Lipinski definition) is 3. The Morgan fingerprint density at radius 1 is 0.973 bits per heavy atom. The van der Waals surface area contributed by atoms with Crippen LogP contribution < -0.4 is 5.56 Å². The van der Waals surface area contributed by atoms with Crippen LogP contribution in [0, 0.1) is 13.8 Å². The average molecular weight is 496 g/mol. The molecular weight excluding hydrogens is 458 g/mol. The monoisotopic (exact) mass is 495 g/mol. The summed E-state index contributed by atoms with van der Waals surface area (Å²) in [6, 6.07) is 21.0. The van der Waals surface area contributed by atoms with E-state index >= 15 is 0 Å². The van der Waals surface area contributed by atoms with Gasteiger partial charge in [-0.25, -0.2) is 4.98 Å². The van der Waals surface area contributed by atoms with E-state index in [0.717, 1.165) is 16.8 Å². The number of benzene rings is 3. The van der Waals surface area contributed by atoms with Crippen molar-refractivity contribution in [1.29, 1.82) is 0 Å². The van der Waals surface area contributed by atoms with E-state index in [2.05, 4.69) is 26.8 Å². The molecule has 0 saturated carbocycles. The Hall–Kier alpha value is -3.73. The van der Waals surface area contributed by atoms with Crippen LogP contribution in [-0.2, 0) is 5.41 Å². The maximum Gasteiger partial charge on any atom is 0.266 e. The summed E-state index contributed by atoms with van der Waals surface area (Å²) in [6.45, 7) is 15.0. The van der Waals surface area contributed by atoms with E-state index in [1.807, 2.05) is 93.3 Å². The molecular formula is C32H37N3O2. The van der Waals surface area contributed by atoms with Crippen molar-refractivity contribution < 1.29 is 4.79 Å². The fourth-order valence-corrected chi connectivity index (χ4v) is 4.99. The van der Waals surface area contributed by atoms with Gasteiger partial charge in [0.05, 0.1) is 22.6 Å². The zero-order chi connectivity index (χ0) is 26.9. The quantitative estimate of drug-likeness (QED) is 0.292. The number of amides is 1. The number of aryl methyl sites for hydroxylation is 2. The second-order valence-electron chi connectivity index (χ2n) is 10.8. The third-order valence-corrected chi connectivity index (χ3v) is 7.06. The summed E-state index contributed by atoms with van der Waals surface area (Å²) in [6.07, 6.45) is 0.620. The first kappa shape index (κ1) is 26.3. The Labute approximate surface area is 219 Å². The largest absolute Gasteiger partial charge is 0.329 e. The smallest absolute Gasteiger partial charge is 0.266 e. The standard InChI is InChI=1S/C32H37N3O2/c1-8-27(34(9-2)30(36)23-15-17-24(18-16-23)32(5,6)7)29-33-26-13-11-10-12-25(26)31(37)35(29)28-19-14-21(3)20-22(28)4/h10-20,27H,8-9H2,1-7H3. The molecule has 5 heteroatoms. The van der Waals surface area contributed by atoms with Crippen LogP contribution in [-0.4, -0.2) is 26.9 Å². The van der Waals surface area contributed by atoms with Crippen molar-refractivity contribution in [1.82, 2.24) is 14.5 Å². The van der Waals surface area contributed by atoms with Gasteiger partial charge < -0.3 is 4.90 Å². The van der Waals surface area contributed by atoms with E-state index in [-0.39, 0.29) is 22.9 Å². The van der Waals surface area contributed by atoms with E-state index in [0.29, 0.717) is 35.3 Å². The number of para-hydroxylation sites is 1.